The second-order valence-corrected chi connectivity index (χ2v) is 8.10. The number of nitrogens with one attached hydrogen (secondary N) is 2. The summed E-state index contributed by atoms with van der Waals surface area (Å²) in [6.07, 6.45) is 0. The van der Waals surface area contributed by atoms with Crippen LogP contribution in [0.1, 0.15) is 13.8 Å². The van der Waals surface area contributed by atoms with Crippen molar-refractivity contribution in [2.24, 2.45) is 5.41 Å². The van der Waals surface area contributed by atoms with Crippen LogP contribution in [0.15, 0.2) is 23.1 Å². The summed E-state index contributed by atoms with van der Waals surface area (Å²) < 4.78 is 25.7. The molecule has 0 bridgehead atoms. The highest BCUT2D eigenvalue weighted by Crippen LogP contribution is 2.24. The third-order valence-electron chi connectivity index (χ3n) is 3.10. The van der Waals surface area contributed by atoms with Crippen molar-refractivity contribution in [3.05, 3.63) is 18.2 Å². The first kappa shape index (κ1) is 17.7. The number of benzene rings is 1. The maximum absolute atomic E-state index is 11.7. The summed E-state index contributed by atoms with van der Waals surface area (Å²) in [6, 6.07) is 4.71. The minimum atomic E-state index is -3.46. The van der Waals surface area contributed by atoms with Gasteiger partial charge in [-0.3, -0.25) is 0 Å². The first-order valence-electron chi connectivity index (χ1n) is 6.79. The molecule has 4 N–H and O–H groups in total. The van der Waals surface area contributed by atoms with Gasteiger partial charge in [-0.2, -0.15) is 0 Å². The Hall–Kier alpha value is -1.31. The van der Waals surface area contributed by atoms with Crippen LogP contribution >= 0.6 is 0 Å². The fourth-order valence-corrected chi connectivity index (χ4v) is 3.00. The van der Waals surface area contributed by atoms with Crippen LogP contribution in [-0.4, -0.2) is 47.6 Å². The number of rotatable bonds is 7. The van der Waals surface area contributed by atoms with Gasteiger partial charge in [0.2, 0.25) is 10.0 Å². The lowest BCUT2D eigenvalue weighted by atomic mass is 9.93. The molecule has 0 unspecified atom stereocenters. The van der Waals surface area contributed by atoms with E-state index in [1.165, 1.54) is 13.1 Å². The molecule has 0 heterocycles. The number of hydrogen-bond donors (Lipinski definition) is 3. The number of sulfonamides is 1. The fourth-order valence-electron chi connectivity index (χ4n) is 2.23. The van der Waals surface area contributed by atoms with Gasteiger partial charge in [0.1, 0.15) is 0 Å². The Kier molecular flexibility index (Phi) is 5.61. The smallest absolute Gasteiger partial charge is 0.240 e. The second kappa shape index (κ2) is 6.64. The molecule has 0 saturated heterocycles. The minimum Gasteiger partial charge on any atom is -0.397 e. The maximum Gasteiger partial charge on any atom is 0.240 e. The highest BCUT2D eigenvalue weighted by atomic mass is 32.2. The van der Waals surface area contributed by atoms with Gasteiger partial charge >= 0.3 is 0 Å². The topological polar surface area (TPSA) is 87.5 Å². The Morgan fingerprint density at radius 2 is 1.90 bits per heavy atom. The van der Waals surface area contributed by atoms with Gasteiger partial charge in [0.25, 0.3) is 0 Å². The number of nitrogen functional groups attached to an aromatic ring is 1. The van der Waals surface area contributed by atoms with Crippen molar-refractivity contribution in [3.8, 4) is 0 Å². The van der Waals surface area contributed by atoms with E-state index in [0.29, 0.717) is 5.69 Å². The standard InChI is InChI=1S/C14H26N4O2S/c1-14(2,10-18(4)5)9-17-13-7-6-11(8-12(13)15)21(19,20)16-3/h6-8,16-17H,9-10,15H2,1-5H3. The summed E-state index contributed by atoms with van der Waals surface area (Å²) in [5, 5.41) is 3.29. The molecule has 0 aliphatic heterocycles. The van der Waals surface area contributed by atoms with Crippen LogP contribution in [-0.2, 0) is 10.0 Å². The second-order valence-electron chi connectivity index (χ2n) is 6.21. The molecule has 0 radical (unpaired) electrons. The quantitative estimate of drug-likeness (QED) is 0.658. The first-order valence-corrected chi connectivity index (χ1v) is 8.27. The van der Waals surface area contributed by atoms with Gasteiger partial charge in [-0.05, 0) is 44.8 Å². The molecule has 120 valence electrons. The highest BCUT2D eigenvalue weighted by molar-refractivity contribution is 7.89. The molecule has 0 aromatic heterocycles. The van der Waals surface area contributed by atoms with Gasteiger partial charge in [-0.15, -0.1) is 0 Å². The fraction of sp³-hybridized carbons (Fsp3) is 0.571. The molecule has 1 aromatic carbocycles. The summed E-state index contributed by atoms with van der Waals surface area (Å²) in [4.78, 5) is 2.30. The molecule has 0 atom stereocenters. The van der Waals surface area contributed by atoms with Crippen molar-refractivity contribution in [2.45, 2.75) is 18.7 Å². The highest BCUT2D eigenvalue weighted by Gasteiger charge is 2.19. The zero-order chi connectivity index (χ0) is 16.3. The van der Waals surface area contributed by atoms with Crippen molar-refractivity contribution in [1.29, 1.82) is 0 Å². The van der Waals surface area contributed by atoms with Crippen molar-refractivity contribution >= 4 is 21.4 Å². The average molecular weight is 314 g/mol. The number of anilines is 2. The molecule has 0 fully saturated rings. The van der Waals surface area contributed by atoms with E-state index < -0.39 is 10.0 Å². The van der Waals surface area contributed by atoms with Crippen LogP contribution in [0.3, 0.4) is 0 Å². The Morgan fingerprint density at radius 1 is 1.29 bits per heavy atom. The van der Waals surface area contributed by atoms with E-state index in [-0.39, 0.29) is 10.3 Å². The van der Waals surface area contributed by atoms with Crippen molar-refractivity contribution in [1.82, 2.24) is 9.62 Å². The minimum absolute atomic E-state index is 0.0751. The third-order valence-corrected chi connectivity index (χ3v) is 4.52. The van der Waals surface area contributed by atoms with E-state index in [9.17, 15) is 8.42 Å². The summed E-state index contributed by atoms with van der Waals surface area (Å²) in [5.41, 5.74) is 7.18. The molecular formula is C14H26N4O2S. The lowest BCUT2D eigenvalue weighted by molar-refractivity contribution is 0.254. The number of nitrogens with two attached hydrogens (primary N) is 1. The SMILES string of the molecule is CNS(=O)(=O)c1ccc(NCC(C)(C)CN(C)C)c(N)c1. The monoisotopic (exact) mass is 314 g/mol. The Bertz CT molecular complexity index is 583. The van der Waals surface area contributed by atoms with Crippen molar-refractivity contribution in [3.63, 3.8) is 0 Å². The zero-order valence-electron chi connectivity index (χ0n) is 13.4. The molecule has 0 saturated carbocycles. The molecule has 21 heavy (non-hydrogen) atoms. The van der Waals surface area contributed by atoms with Gasteiger partial charge in [0, 0.05) is 13.1 Å². The van der Waals surface area contributed by atoms with Gasteiger partial charge in [0.15, 0.2) is 0 Å². The molecule has 0 amide bonds. The summed E-state index contributed by atoms with van der Waals surface area (Å²) in [6.45, 7) is 6.01. The van der Waals surface area contributed by atoms with E-state index in [4.69, 9.17) is 5.73 Å². The molecule has 7 heteroatoms. The molecule has 6 nitrogen and oxygen atoms in total. The van der Waals surface area contributed by atoms with Gasteiger partial charge < -0.3 is 16.0 Å². The number of hydrogen-bond acceptors (Lipinski definition) is 5. The first-order chi connectivity index (χ1) is 9.57. The molecule has 1 rings (SSSR count). The molecular weight excluding hydrogens is 288 g/mol. The van der Waals surface area contributed by atoms with Gasteiger partial charge in [-0.1, -0.05) is 13.8 Å². The lowest BCUT2D eigenvalue weighted by Crippen LogP contribution is -2.34. The Morgan fingerprint density at radius 3 is 2.38 bits per heavy atom. The Balaban J connectivity index is 2.83. The molecule has 0 aliphatic carbocycles. The van der Waals surface area contributed by atoms with Crippen molar-refractivity contribution < 1.29 is 8.42 Å². The third kappa shape index (κ3) is 5.18. The van der Waals surface area contributed by atoms with E-state index in [1.807, 2.05) is 14.1 Å². The summed E-state index contributed by atoms with van der Waals surface area (Å²) >= 11 is 0. The van der Waals surface area contributed by atoms with E-state index in [0.717, 1.165) is 18.8 Å². The van der Waals surface area contributed by atoms with Crippen LogP contribution in [0, 0.1) is 5.41 Å². The van der Waals surface area contributed by atoms with Crippen LogP contribution in [0.25, 0.3) is 0 Å². The average Bonchev–Trinajstić information content (AvgIpc) is 2.35. The number of nitrogens with zero attached hydrogens (tertiary/aromatic N) is 1. The van der Waals surface area contributed by atoms with Crippen LogP contribution in [0.4, 0.5) is 11.4 Å². The molecule has 0 aliphatic rings. The maximum atomic E-state index is 11.7. The zero-order valence-corrected chi connectivity index (χ0v) is 14.2. The van der Waals surface area contributed by atoms with Crippen molar-refractivity contribution in [2.75, 3.05) is 45.3 Å². The Labute approximate surface area is 127 Å². The van der Waals surface area contributed by atoms with Crippen LogP contribution < -0.4 is 15.8 Å². The molecule has 1 aromatic rings. The van der Waals surface area contributed by atoms with E-state index in [1.54, 1.807) is 12.1 Å². The summed E-state index contributed by atoms with van der Waals surface area (Å²) in [5.74, 6) is 0. The van der Waals surface area contributed by atoms with Crippen LogP contribution in [0.5, 0.6) is 0 Å². The lowest BCUT2D eigenvalue weighted by Gasteiger charge is -2.29. The molecule has 0 spiro atoms. The van der Waals surface area contributed by atoms with E-state index in [2.05, 4.69) is 28.8 Å². The largest absolute Gasteiger partial charge is 0.397 e. The predicted octanol–water partition coefficient (Wildman–Crippen LogP) is 1.18. The van der Waals surface area contributed by atoms with Gasteiger partial charge in [0.05, 0.1) is 16.3 Å². The van der Waals surface area contributed by atoms with Gasteiger partial charge in [-0.25, -0.2) is 13.1 Å². The van der Waals surface area contributed by atoms with Crippen LogP contribution in [0.2, 0.25) is 0 Å². The van der Waals surface area contributed by atoms with E-state index >= 15 is 0 Å². The summed E-state index contributed by atoms with van der Waals surface area (Å²) in [7, 11) is 1.99. The predicted molar refractivity (Wildman–Crippen MR) is 87.9 cm³/mol. The normalized spacial score (nSPS) is 12.7.